The first kappa shape index (κ1) is 20.4. The predicted molar refractivity (Wildman–Crippen MR) is 109 cm³/mol. The Morgan fingerprint density at radius 2 is 2.11 bits per heavy atom. The summed E-state index contributed by atoms with van der Waals surface area (Å²) < 4.78 is 7.39. The number of anilines is 1. The van der Waals surface area contributed by atoms with E-state index in [4.69, 9.17) is 4.74 Å². The molecule has 1 atom stereocenters. The zero-order valence-corrected chi connectivity index (χ0v) is 17.8. The second-order valence-electron chi connectivity index (χ2n) is 8.88. The molecule has 3 rings (SSSR count). The van der Waals surface area contributed by atoms with Crippen LogP contribution in [0.5, 0.6) is 0 Å². The van der Waals surface area contributed by atoms with Crippen LogP contribution in [-0.2, 0) is 11.8 Å². The third-order valence-corrected chi connectivity index (χ3v) is 5.03. The maximum absolute atomic E-state index is 12.7. The Morgan fingerprint density at radius 3 is 2.79 bits per heavy atom. The number of fused-ring (bicyclic) bond motifs is 1. The normalized spacial score (nSPS) is 18.0. The molecule has 28 heavy (non-hydrogen) atoms. The fraction of sp³-hybridized carbons (Fsp3) is 0.700. The number of carbonyl (C=O) groups excluding carboxylic acids is 1. The number of hydrogen-bond donors (Lipinski definition) is 0. The van der Waals surface area contributed by atoms with Crippen LogP contribution in [0.25, 0.3) is 11.0 Å². The van der Waals surface area contributed by atoms with Crippen molar-refractivity contribution >= 4 is 22.9 Å². The van der Waals surface area contributed by atoms with Gasteiger partial charge in [0.25, 0.3) is 0 Å². The van der Waals surface area contributed by atoms with E-state index in [0.29, 0.717) is 12.5 Å². The van der Waals surface area contributed by atoms with Crippen molar-refractivity contribution in [2.45, 2.75) is 59.1 Å². The predicted octanol–water partition coefficient (Wildman–Crippen LogP) is 3.23. The zero-order valence-electron chi connectivity index (χ0n) is 17.8. The van der Waals surface area contributed by atoms with Gasteiger partial charge in [-0.25, -0.2) is 14.8 Å². The van der Waals surface area contributed by atoms with Gasteiger partial charge < -0.3 is 14.5 Å². The minimum absolute atomic E-state index is 0.0920. The lowest BCUT2D eigenvalue weighted by atomic mass is 9.97. The summed E-state index contributed by atoms with van der Waals surface area (Å²) in [6.45, 7) is 12.3. The number of aromatic nitrogens is 4. The van der Waals surface area contributed by atoms with Gasteiger partial charge in [-0.05, 0) is 53.4 Å². The van der Waals surface area contributed by atoms with Crippen LogP contribution in [0.4, 0.5) is 10.6 Å². The Hall–Kier alpha value is -2.38. The summed E-state index contributed by atoms with van der Waals surface area (Å²) in [7, 11) is 1.89. The summed E-state index contributed by atoms with van der Waals surface area (Å²) >= 11 is 0. The molecule has 1 fully saturated rings. The minimum atomic E-state index is -0.490. The number of hydrogen-bond acceptors (Lipinski definition) is 6. The fourth-order valence-corrected chi connectivity index (χ4v) is 3.70. The number of piperidine rings is 1. The van der Waals surface area contributed by atoms with Crippen molar-refractivity contribution in [2.24, 2.45) is 13.0 Å². The third-order valence-electron chi connectivity index (χ3n) is 5.03. The van der Waals surface area contributed by atoms with Crippen molar-refractivity contribution in [2.75, 3.05) is 24.5 Å². The van der Waals surface area contributed by atoms with E-state index in [1.165, 1.54) is 0 Å². The third kappa shape index (κ3) is 4.54. The summed E-state index contributed by atoms with van der Waals surface area (Å²) in [4.78, 5) is 25.7. The van der Waals surface area contributed by atoms with Crippen LogP contribution in [0.1, 0.15) is 47.5 Å². The lowest BCUT2D eigenvalue weighted by Crippen LogP contribution is -2.47. The first-order valence-corrected chi connectivity index (χ1v) is 10.0. The number of carbonyl (C=O) groups is 1. The van der Waals surface area contributed by atoms with Gasteiger partial charge in [0.2, 0.25) is 0 Å². The summed E-state index contributed by atoms with van der Waals surface area (Å²) in [5.41, 5.74) is 0.347. The molecule has 0 aromatic carbocycles. The first-order chi connectivity index (χ1) is 13.2. The highest BCUT2D eigenvalue weighted by Crippen LogP contribution is 2.28. The van der Waals surface area contributed by atoms with Gasteiger partial charge in [0.1, 0.15) is 17.7 Å². The molecule has 0 saturated carbocycles. The molecule has 0 N–H and O–H groups in total. The van der Waals surface area contributed by atoms with Crippen molar-refractivity contribution in [3.63, 3.8) is 0 Å². The Bertz CT molecular complexity index is 826. The van der Waals surface area contributed by atoms with E-state index >= 15 is 0 Å². The van der Waals surface area contributed by atoms with E-state index in [-0.39, 0.29) is 12.1 Å². The Kier molecular flexibility index (Phi) is 5.76. The number of nitrogens with zero attached hydrogens (tertiary/aromatic N) is 6. The SMILES string of the molecule is CC(C)N(CC1CCCN(c2ncnc3c2cnn3C)C1)C(=O)OC(C)(C)C. The molecular formula is C20H32N6O2. The van der Waals surface area contributed by atoms with Crippen LogP contribution in [-0.4, -0.2) is 62.0 Å². The van der Waals surface area contributed by atoms with Gasteiger partial charge in [0, 0.05) is 32.7 Å². The fourth-order valence-electron chi connectivity index (χ4n) is 3.70. The van der Waals surface area contributed by atoms with Crippen LogP contribution in [0.3, 0.4) is 0 Å². The molecule has 0 radical (unpaired) electrons. The van der Waals surface area contributed by atoms with Crippen LogP contribution in [0, 0.1) is 5.92 Å². The van der Waals surface area contributed by atoms with Gasteiger partial charge in [0.15, 0.2) is 5.65 Å². The topological polar surface area (TPSA) is 76.4 Å². The molecule has 154 valence electrons. The van der Waals surface area contributed by atoms with Crippen molar-refractivity contribution in [1.82, 2.24) is 24.6 Å². The van der Waals surface area contributed by atoms with Crippen LogP contribution in [0.15, 0.2) is 12.5 Å². The van der Waals surface area contributed by atoms with E-state index in [9.17, 15) is 4.79 Å². The maximum Gasteiger partial charge on any atom is 0.410 e. The van der Waals surface area contributed by atoms with Gasteiger partial charge >= 0.3 is 6.09 Å². The molecule has 2 aromatic heterocycles. The number of ether oxygens (including phenoxy) is 1. The van der Waals surface area contributed by atoms with Crippen molar-refractivity contribution in [3.05, 3.63) is 12.5 Å². The molecular weight excluding hydrogens is 356 g/mol. The van der Waals surface area contributed by atoms with Crippen molar-refractivity contribution in [3.8, 4) is 0 Å². The second-order valence-corrected chi connectivity index (χ2v) is 8.88. The zero-order chi connectivity index (χ0) is 20.5. The van der Waals surface area contributed by atoms with Gasteiger partial charge in [-0.3, -0.25) is 4.68 Å². The standard InChI is InChI=1S/C20H32N6O2/c1-14(2)26(19(27)28-20(3,4)5)12-15-8-7-9-25(11-15)18-16-10-23-24(6)17(16)21-13-22-18/h10,13-15H,7-9,11-12H2,1-6H3. The average Bonchev–Trinajstić information content (AvgIpc) is 2.99. The summed E-state index contributed by atoms with van der Waals surface area (Å²) in [5.74, 6) is 1.29. The first-order valence-electron chi connectivity index (χ1n) is 10.0. The summed E-state index contributed by atoms with van der Waals surface area (Å²) in [6.07, 6.45) is 5.34. The molecule has 0 bridgehead atoms. The van der Waals surface area contributed by atoms with Crippen LogP contribution in [0.2, 0.25) is 0 Å². The lowest BCUT2D eigenvalue weighted by Gasteiger charge is -2.38. The van der Waals surface area contributed by atoms with Gasteiger partial charge in [-0.2, -0.15) is 5.10 Å². The second kappa shape index (κ2) is 7.93. The van der Waals surface area contributed by atoms with Crippen molar-refractivity contribution in [1.29, 1.82) is 0 Å². The molecule has 1 saturated heterocycles. The largest absolute Gasteiger partial charge is 0.444 e. The number of amides is 1. The highest BCUT2D eigenvalue weighted by Gasteiger charge is 2.30. The number of rotatable bonds is 4. The molecule has 1 unspecified atom stereocenters. The van der Waals surface area contributed by atoms with E-state index in [2.05, 4.69) is 20.0 Å². The van der Waals surface area contributed by atoms with E-state index < -0.39 is 5.60 Å². The van der Waals surface area contributed by atoms with E-state index in [1.807, 2.05) is 52.8 Å². The van der Waals surface area contributed by atoms with Crippen molar-refractivity contribution < 1.29 is 9.53 Å². The van der Waals surface area contributed by atoms with Gasteiger partial charge in [0.05, 0.1) is 11.6 Å². The molecule has 1 amide bonds. The maximum atomic E-state index is 12.7. The molecule has 0 aliphatic carbocycles. The Labute approximate surface area is 166 Å². The highest BCUT2D eigenvalue weighted by molar-refractivity contribution is 5.86. The van der Waals surface area contributed by atoms with Gasteiger partial charge in [-0.1, -0.05) is 0 Å². The van der Waals surface area contributed by atoms with E-state index in [0.717, 1.165) is 42.8 Å². The van der Waals surface area contributed by atoms with Gasteiger partial charge in [-0.15, -0.1) is 0 Å². The Balaban J connectivity index is 1.74. The Morgan fingerprint density at radius 1 is 1.36 bits per heavy atom. The molecule has 8 nitrogen and oxygen atoms in total. The van der Waals surface area contributed by atoms with E-state index in [1.54, 1.807) is 11.0 Å². The highest BCUT2D eigenvalue weighted by atomic mass is 16.6. The molecule has 0 spiro atoms. The monoisotopic (exact) mass is 388 g/mol. The summed E-state index contributed by atoms with van der Waals surface area (Å²) in [5, 5.41) is 5.29. The summed E-state index contributed by atoms with van der Waals surface area (Å²) in [6, 6.07) is 0.0920. The number of aryl methyl sites for hydroxylation is 1. The minimum Gasteiger partial charge on any atom is -0.444 e. The average molecular weight is 389 g/mol. The van der Waals surface area contributed by atoms with Crippen LogP contribution < -0.4 is 4.90 Å². The molecule has 2 aromatic rings. The molecule has 3 heterocycles. The quantitative estimate of drug-likeness (QED) is 0.800. The molecule has 1 aliphatic rings. The van der Waals surface area contributed by atoms with Crippen LogP contribution >= 0.6 is 0 Å². The molecule has 1 aliphatic heterocycles. The smallest absolute Gasteiger partial charge is 0.410 e. The molecule has 8 heteroatoms. The lowest BCUT2D eigenvalue weighted by molar-refractivity contribution is 0.0151.